The molecule has 0 atom stereocenters. The fourth-order valence-corrected chi connectivity index (χ4v) is 2.82. The van der Waals surface area contributed by atoms with Gasteiger partial charge in [0, 0.05) is 52.5 Å². The van der Waals surface area contributed by atoms with Gasteiger partial charge in [0.15, 0.2) is 5.96 Å². The highest BCUT2D eigenvalue weighted by atomic mass is 16.5. The molecule has 1 saturated heterocycles. The Hall–Kier alpha value is -2.44. The van der Waals surface area contributed by atoms with Crippen LogP contribution in [0.25, 0.3) is 0 Å². The van der Waals surface area contributed by atoms with Crippen LogP contribution in [0.4, 0.5) is 5.69 Å². The van der Waals surface area contributed by atoms with Crippen LogP contribution in [0.1, 0.15) is 13.8 Å². The molecule has 1 fully saturated rings. The highest BCUT2D eigenvalue weighted by Crippen LogP contribution is 2.20. The number of hydrogen-bond donors (Lipinski definition) is 1. The van der Waals surface area contributed by atoms with Gasteiger partial charge in [0.25, 0.3) is 0 Å². The number of guanidine groups is 1. The molecule has 0 unspecified atom stereocenters. The summed E-state index contributed by atoms with van der Waals surface area (Å²) in [6.45, 7) is 8.90. The molecule has 1 aliphatic heterocycles. The SMILES string of the molecule is COc1ccc(N2CCN(C(=NCC(=O)N(C)C)NCC(C)C)CC2)cc1. The topological polar surface area (TPSA) is 60.4 Å². The van der Waals surface area contributed by atoms with Gasteiger partial charge in [-0.1, -0.05) is 13.8 Å². The van der Waals surface area contributed by atoms with Crippen LogP contribution < -0.4 is 15.0 Å². The van der Waals surface area contributed by atoms with Crippen molar-refractivity contribution in [1.29, 1.82) is 0 Å². The van der Waals surface area contributed by atoms with Gasteiger partial charge in [-0.2, -0.15) is 0 Å². The molecule has 0 aliphatic carbocycles. The molecule has 1 aromatic rings. The van der Waals surface area contributed by atoms with Crippen molar-refractivity contribution in [2.24, 2.45) is 10.9 Å². The van der Waals surface area contributed by atoms with Crippen molar-refractivity contribution in [2.45, 2.75) is 13.8 Å². The number of hydrogen-bond acceptors (Lipinski definition) is 4. The fraction of sp³-hybridized carbons (Fsp3) is 0.600. The second-order valence-electron chi connectivity index (χ2n) is 7.37. The molecule has 0 saturated carbocycles. The fourth-order valence-electron chi connectivity index (χ4n) is 2.82. The molecule has 1 aromatic carbocycles. The number of rotatable bonds is 6. The number of anilines is 1. The molecule has 1 heterocycles. The van der Waals surface area contributed by atoms with E-state index < -0.39 is 0 Å². The van der Waals surface area contributed by atoms with Crippen molar-refractivity contribution in [2.75, 3.05) is 65.4 Å². The summed E-state index contributed by atoms with van der Waals surface area (Å²) in [6.07, 6.45) is 0. The lowest BCUT2D eigenvalue weighted by molar-refractivity contribution is -0.127. The van der Waals surface area contributed by atoms with E-state index in [1.165, 1.54) is 5.69 Å². The van der Waals surface area contributed by atoms with Crippen molar-refractivity contribution >= 4 is 17.6 Å². The van der Waals surface area contributed by atoms with Gasteiger partial charge in [0.1, 0.15) is 12.3 Å². The minimum Gasteiger partial charge on any atom is -0.497 e. The Morgan fingerprint density at radius 2 is 1.81 bits per heavy atom. The predicted octanol–water partition coefficient (Wildman–Crippen LogP) is 1.51. The third kappa shape index (κ3) is 6.34. The van der Waals surface area contributed by atoms with Crippen LogP contribution in [-0.2, 0) is 4.79 Å². The summed E-state index contributed by atoms with van der Waals surface area (Å²) in [5.74, 6) is 2.22. The lowest BCUT2D eigenvalue weighted by Crippen LogP contribution is -2.53. The van der Waals surface area contributed by atoms with Gasteiger partial charge in [-0.05, 0) is 30.2 Å². The van der Waals surface area contributed by atoms with E-state index in [1.54, 1.807) is 26.1 Å². The van der Waals surface area contributed by atoms with Gasteiger partial charge in [-0.15, -0.1) is 0 Å². The summed E-state index contributed by atoms with van der Waals surface area (Å²) in [5, 5.41) is 3.42. The van der Waals surface area contributed by atoms with E-state index >= 15 is 0 Å². The summed E-state index contributed by atoms with van der Waals surface area (Å²) < 4.78 is 5.23. The molecule has 27 heavy (non-hydrogen) atoms. The number of carbonyl (C=O) groups excluding carboxylic acids is 1. The van der Waals surface area contributed by atoms with E-state index in [1.807, 2.05) is 12.1 Å². The first-order chi connectivity index (χ1) is 12.9. The third-order valence-electron chi connectivity index (χ3n) is 4.55. The Balaban J connectivity index is 1.98. The molecule has 1 aliphatic rings. The summed E-state index contributed by atoms with van der Waals surface area (Å²) in [4.78, 5) is 22.7. The molecule has 150 valence electrons. The molecule has 0 aromatic heterocycles. The average Bonchev–Trinajstić information content (AvgIpc) is 2.68. The molecule has 1 amide bonds. The summed E-state index contributed by atoms with van der Waals surface area (Å²) in [5.41, 5.74) is 1.20. The van der Waals surface area contributed by atoms with Crippen molar-refractivity contribution in [3.8, 4) is 5.75 Å². The van der Waals surface area contributed by atoms with Gasteiger partial charge in [-0.25, -0.2) is 4.99 Å². The van der Waals surface area contributed by atoms with E-state index in [2.05, 4.69) is 46.1 Å². The Morgan fingerprint density at radius 1 is 1.19 bits per heavy atom. The summed E-state index contributed by atoms with van der Waals surface area (Å²) in [7, 11) is 5.19. The number of aliphatic imine (C=N–C) groups is 1. The molecule has 7 nitrogen and oxygen atoms in total. The number of likely N-dealkylation sites (N-methyl/N-ethyl adjacent to an activating group) is 1. The van der Waals surface area contributed by atoms with Gasteiger partial charge in [-0.3, -0.25) is 4.79 Å². The smallest absolute Gasteiger partial charge is 0.243 e. The highest BCUT2D eigenvalue weighted by Gasteiger charge is 2.20. The molecular formula is C20H33N5O2. The number of carbonyl (C=O) groups is 1. The van der Waals surface area contributed by atoms with Crippen LogP contribution in [0.2, 0.25) is 0 Å². The maximum Gasteiger partial charge on any atom is 0.243 e. The lowest BCUT2D eigenvalue weighted by Gasteiger charge is -2.38. The molecule has 0 bridgehead atoms. The minimum absolute atomic E-state index is 0.00992. The number of nitrogens with zero attached hydrogens (tertiary/aromatic N) is 4. The Bertz CT molecular complexity index is 620. The largest absolute Gasteiger partial charge is 0.497 e. The molecule has 1 N–H and O–H groups in total. The van der Waals surface area contributed by atoms with Gasteiger partial charge in [0.2, 0.25) is 5.91 Å². The molecular weight excluding hydrogens is 342 g/mol. The van der Waals surface area contributed by atoms with E-state index in [9.17, 15) is 4.79 Å². The quantitative estimate of drug-likeness (QED) is 0.603. The first kappa shape index (κ1) is 20.9. The number of amides is 1. The van der Waals surface area contributed by atoms with Crippen molar-refractivity contribution in [1.82, 2.24) is 15.1 Å². The first-order valence-corrected chi connectivity index (χ1v) is 9.53. The van der Waals surface area contributed by atoms with Crippen LogP contribution in [0.5, 0.6) is 5.75 Å². The average molecular weight is 376 g/mol. The minimum atomic E-state index is 0.00992. The number of benzene rings is 1. The lowest BCUT2D eigenvalue weighted by atomic mass is 10.2. The van der Waals surface area contributed by atoms with Crippen molar-refractivity contribution < 1.29 is 9.53 Å². The number of methoxy groups -OCH3 is 1. The number of nitrogens with one attached hydrogen (secondary N) is 1. The Kier molecular flexibility index (Phi) is 7.76. The molecule has 0 spiro atoms. The van der Waals surface area contributed by atoms with Crippen LogP contribution in [0, 0.1) is 5.92 Å². The van der Waals surface area contributed by atoms with Gasteiger partial charge >= 0.3 is 0 Å². The van der Waals surface area contributed by atoms with Crippen molar-refractivity contribution in [3.05, 3.63) is 24.3 Å². The molecule has 7 heteroatoms. The zero-order valence-electron chi connectivity index (χ0n) is 17.2. The highest BCUT2D eigenvalue weighted by molar-refractivity contribution is 5.85. The third-order valence-corrected chi connectivity index (χ3v) is 4.55. The maximum absolute atomic E-state index is 11.9. The summed E-state index contributed by atoms with van der Waals surface area (Å²) >= 11 is 0. The normalized spacial score (nSPS) is 15.1. The summed E-state index contributed by atoms with van der Waals surface area (Å²) in [6, 6.07) is 8.17. The van der Waals surface area contributed by atoms with Gasteiger partial charge < -0.3 is 24.8 Å². The van der Waals surface area contributed by atoms with E-state index in [0.717, 1.165) is 44.4 Å². The Morgan fingerprint density at radius 3 is 2.33 bits per heavy atom. The zero-order valence-corrected chi connectivity index (χ0v) is 17.2. The van der Waals surface area contributed by atoms with Crippen molar-refractivity contribution in [3.63, 3.8) is 0 Å². The van der Waals surface area contributed by atoms with Crippen LogP contribution >= 0.6 is 0 Å². The van der Waals surface area contributed by atoms with E-state index in [-0.39, 0.29) is 12.5 Å². The predicted molar refractivity (Wildman–Crippen MR) is 111 cm³/mol. The molecule has 0 radical (unpaired) electrons. The monoisotopic (exact) mass is 375 g/mol. The van der Waals surface area contributed by atoms with E-state index in [4.69, 9.17) is 4.74 Å². The molecule has 2 rings (SSSR count). The van der Waals surface area contributed by atoms with Gasteiger partial charge in [0.05, 0.1) is 7.11 Å². The maximum atomic E-state index is 11.9. The number of ether oxygens (including phenoxy) is 1. The Labute approximate surface area is 163 Å². The number of piperazine rings is 1. The van der Waals surface area contributed by atoms with E-state index in [0.29, 0.717) is 5.92 Å². The van der Waals surface area contributed by atoms with Crippen LogP contribution in [0.15, 0.2) is 29.3 Å². The zero-order chi connectivity index (χ0) is 19.8. The standard InChI is InChI=1S/C20H33N5O2/c1-16(2)14-21-20(22-15-19(26)23(3)4)25-12-10-24(11-13-25)17-6-8-18(27-5)9-7-17/h6-9,16H,10-15H2,1-5H3,(H,21,22). The second-order valence-corrected chi connectivity index (χ2v) is 7.37. The second kappa shape index (κ2) is 10.0. The van der Waals surface area contributed by atoms with Crippen LogP contribution in [0.3, 0.4) is 0 Å². The first-order valence-electron chi connectivity index (χ1n) is 9.53. The van der Waals surface area contributed by atoms with Crippen LogP contribution in [-0.4, -0.2) is 82.1 Å².